The summed E-state index contributed by atoms with van der Waals surface area (Å²) in [4.78, 5) is 0. The molecule has 2 aliphatic rings. The van der Waals surface area contributed by atoms with E-state index in [4.69, 9.17) is 6.42 Å². The monoisotopic (exact) mass is 284 g/mol. The van der Waals surface area contributed by atoms with Crippen LogP contribution in [0.2, 0.25) is 0 Å². The lowest BCUT2D eigenvalue weighted by molar-refractivity contribution is 0.0306. The van der Waals surface area contributed by atoms with E-state index in [1.54, 1.807) is 6.07 Å². The van der Waals surface area contributed by atoms with Gasteiger partial charge >= 0.3 is 0 Å². The van der Waals surface area contributed by atoms with E-state index in [-0.39, 0.29) is 5.92 Å². The third kappa shape index (κ3) is 2.45. The highest BCUT2D eigenvalue weighted by Crippen LogP contribution is 2.52. The van der Waals surface area contributed by atoms with Gasteiger partial charge in [-0.15, -0.1) is 6.42 Å². The van der Waals surface area contributed by atoms with Crippen molar-refractivity contribution in [3.05, 3.63) is 29.3 Å². The van der Waals surface area contributed by atoms with Crippen LogP contribution in [-0.2, 0) is 6.42 Å². The molecule has 2 saturated carbocycles. The van der Waals surface area contributed by atoms with Crippen molar-refractivity contribution in [1.82, 2.24) is 0 Å². The van der Waals surface area contributed by atoms with Gasteiger partial charge in [0.15, 0.2) is 0 Å². The van der Waals surface area contributed by atoms with Crippen LogP contribution in [0.15, 0.2) is 18.2 Å². The highest BCUT2D eigenvalue weighted by Gasteiger charge is 2.48. The molecule has 0 aliphatic heterocycles. The second-order valence-electron chi connectivity index (χ2n) is 6.72. The van der Waals surface area contributed by atoms with Crippen LogP contribution in [0.3, 0.4) is 0 Å². The third-order valence-electron chi connectivity index (χ3n) is 5.69. The van der Waals surface area contributed by atoms with E-state index in [0.29, 0.717) is 17.6 Å². The SMILES string of the molecule is C#CC1(O)CCC2CC(c3ccc(O)cc3CC)CCC21. The standard InChI is InChI=1S/C19H24O2/c1-3-13-12-16(20)6-7-17(13)14-5-8-18-15(11-14)9-10-19(18,21)4-2/h2,6-7,12,14-15,18,20-21H,3,5,8-11H2,1H3. The number of hydrogen-bond donors (Lipinski definition) is 2. The molecule has 0 heterocycles. The van der Waals surface area contributed by atoms with Crippen LogP contribution in [0.1, 0.15) is 56.1 Å². The van der Waals surface area contributed by atoms with E-state index in [9.17, 15) is 10.2 Å². The van der Waals surface area contributed by atoms with Crippen LogP contribution in [0, 0.1) is 24.2 Å². The van der Waals surface area contributed by atoms with E-state index in [0.717, 1.165) is 38.5 Å². The lowest BCUT2D eigenvalue weighted by atomic mass is 9.69. The number of aliphatic hydroxyl groups is 1. The molecule has 0 radical (unpaired) electrons. The average Bonchev–Trinajstić information content (AvgIpc) is 2.84. The summed E-state index contributed by atoms with van der Waals surface area (Å²) in [6, 6.07) is 5.78. The van der Waals surface area contributed by atoms with E-state index in [1.807, 2.05) is 6.07 Å². The van der Waals surface area contributed by atoms with Gasteiger partial charge in [-0.1, -0.05) is 18.9 Å². The fourth-order valence-corrected chi connectivity index (χ4v) is 4.56. The van der Waals surface area contributed by atoms with Crippen molar-refractivity contribution in [2.24, 2.45) is 11.8 Å². The van der Waals surface area contributed by atoms with Gasteiger partial charge < -0.3 is 10.2 Å². The molecule has 1 aromatic rings. The number of aromatic hydroxyl groups is 1. The maximum atomic E-state index is 10.5. The maximum Gasteiger partial charge on any atom is 0.128 e. The summed E-state index contributed by atoms with van der Waals surface area (Å²) in [5.41, 5.74) is 1.77. The van der Waals surface area contributed by atoms with Gasteiger partial charge in [-0.25, -0.2) is 0 Å². The second kappa shape index (κ2) is 5.39. The summed E-state index contributed by atoms with van der Waals surface area (Å²) in [6.07, 6.45) is 11.5. The normalized spacial score (nSPS) is 35.2. The first-order valence-corrected chi connectivity index (χ1v) is 8.09. The summed E-state index contributed by atoms with van der Waals surface area (Å²) < 4.78 is 0. The molecule has 2 N–H and O–H groups in total. The molecule has 2 heteroatoms. The second-order valence-corrected chi connectivity index (χ2v) is 6.72. The average molecular weight is 284 g/mol. The number of hydrogen-bond acceptors (Lipinski definition) is 2. The van der Waals surface area contributed by atoms with Crippen LogP contribution in [0.5, 0.6) is 5.75 Å². The summed E-state index contributed by atoms with van der Waals surface area (Å²) in [6.45, 7) is 2.14. The van der Waals surface area contributed by atoms with E-state index >= 15 is 0 Å². The highest BCUT2D eigenvalue weighted by molar-refractivity contribution is 5.37. The number of terminal acetylenes is 1. The zero-order valence-corrected chi connectivity index (χ0v) is 12.7. The summed E-state index contributed by atoms with van der Waals surface area (Å²) in [5, 5.41) is 20.2. The molecule has 0 spiro atoms. The van der Waals surface area contributed by atoms with Crippen LogP contribution in [0.4, 0.5) is 0 Å². The molecule has 21 heavy (non-hydrogen) atoms. The van der Waals surface area contributed by atoms with Crippen LogP contribution in [-0.4, -0.2) is 15.8 Å². The van der Waals surface area contributed by atoms with Gasteiger partial charge in [0.05, 0.1) is 0 Å². The largest absolute Gasteiger partial charge is 0.508 e. The first kappa shape index (κ1) is 14.5. The van der Waals surface area contributed by atoms with Gasteiger partial charge in [0, 0.05) is 5.92 Å². The number of rotatable bonds is 2. The van der Waals surface area contributed by atoms with Crippen molar-refractivity contribution in [2.45, 2.75) is 57.0 Å². The molecular weight excluding hydrogens is 260 g/mol. The Bertz CT molecular complexity index is 571. The molecule has 2 nitrogen and oxygen atoms in total. The molecule has 3 rings (SSSR count). The van der Waals surface area contributed by atoms with Crippen molar-refractivity contribution < 1.29 is 10.2 Å². The van der Waals surface area contributed by atoms with E-state index in [2.05, 4.69) is 18.9 Å². The summed E-state index contributed by atoms with van der Waals surface area (Å²) in [5.74, 6) is 4.37. The Balaban J connectivity index is 1.81. The molecule has 4 unspecified atom stereocenters. The van der Waals surface area contributed by atoms with Gasteiger partial charge in [0.25, 0.3) is 0 Å². The van der Waals surface area contributed by atoms with Crippen molar-refractivity contribution >= 4 is 0 Å². The number of phenolic OH excluding ortho intramolecular Hbond substituents is 1. The molecule has 0 amide bonds. The van der Waals surface area contributed by atoms with Gasteiger partial charge in [0.1, 0.15) is 11.4 Å². The zero-order chi connectivity index (χ0) is 15.0. The van der Waals surface area contributed by atoms with Gasteiger partial charge in [-0.3, -0.25) is 0 Å². The first-order chi connectivity index (χ1) is 10.1. The fourth-order valence-electron chi connectivity index (χ4n) is 4.56. The minimum Gasteiger partial charge on any atom is -0.508 e. The zero-order valence-electron chi connectivity index (χ0n) is 12.7. The predicted octanol–water partition coefficient (Wildman–Crippen LogP) is 3.61. The lowest BCUT2D eigenvalue weighted by Crippen LogP contribution is -2.36. The first-order valence-electron chi connectivity index (χ1n) is 8.09. The van der Waals surface area contributed by atoms with Gasteiger partial charge in [0.2, 0.25) is 0 Å². The molecule has 2 fully saturated rings. The van der Waals surface area contributed by atoms with Crippen LogP contribution in [0.25, 0.3) is 0 Å². The van der Waals surface area contributed by atoms with E-state index in [1.165, 1.54) is 11.1 Å². The van der Waals surface area contributed by atoms with Crippen molar-refractivity contribution in [3.63, 3.8) is 0 Å². The number of aryl methyl sites for hydroxylation is 1. The van der Waals surface area contributed by atoms with Gasteiger partial charge in [-0.05, 0) is 73.6 Å². The predicted molar refractivity (Wildman–Crippen MR) is 84.1 cm³/mol. The van der Waals surface area contributed by atoms with Crippen LogP contribution >= 0.6 is 0 Å². The molecule has 0 saturated heterocycles. The molecule has 4 atom stereocenters. The summed E-state index contributed by atoms with van der Waals surface area (Å²) >= 11 is 0. The van der Waals surface area contributed by atoms with Crippen molar-refractivity contribution in [2.75, 3.05) is 0 Å². The number of fused-ring (bicyclic) bond motifs is 1. The quantitative estimate of drug-likeness (QED) is 0.814. The smallest absolute Gasteiger partial charge is 0.128 e. The van der Waals surface area contributed by atoms with Crippen LogP contribution < -0.4 is 0 Å². The Labute approximate surface area is 127 Å². The Morgan fingerprint density at radius 1 is 1.33 bits per heavy atom. The van der Waals surface area contributed by atoms with E-state index < -0.39 is 5.60 Å². The van der Waals surface area contributed by atoms with Crippen molar-refractivity contribution in [3.8, 4) is 18.1 Å². The third-order valence-corrected chi connectivity index (χ3v) is 5.69. The molecule has 0 aromatic heterocycles. The fraction of sp³-hybridized carbons (Fsp3) is 0.579. The number of phenols is 1. The molecule has 2 aliphatic carbocycles. The molecule has 1 aromatic carbocycles. The maximum absolute atomic E-state index is 10.5. The molecule has 0 bridgehead atoms. The summed E-state index contributed by atoms with van der Waals surface area (Å²) in [7, 11) is 0. The Kier molecular flexibility index (Phi) is 3.71. The topological polar surface area (TPSA) is 40.5 Å². The highest BCUT2D eigenvalue weighted by atomic mass is 16.3. The Morgan fingerprint density at radius 2 is 2.14 bits per heavy atom. The minimum absolute atomic E-state index is 0.279. The minimum atomic E-state index is -0.863. The molecular formula is C19H24O2. The lowest BCUT2D eigenvalue weighted by Gasteiger charge is -2.37. The molecule has 112 valence electrons. The van der Waals surface area contributed by atoms with Gasteiger partial charge in [-0.2, -0.15) is 0 Å². The van der Waals surface area contributed by atoms with Crippen molar-refractivity contribution in [1.29, 1.82) is 0 Å². The number of benzene rings is 1. The Hall–Kier alpha value is -1.46. The Morgan fingerprint density at radius 3 is 2.86 bits per heavy atom.